The van der Waals surface area contributed by atoms with Crippen molar-refractivity contribution >= 4 is 39.4 Å². The number of aromatic hydroxyl groups is 1. The first-order valence-corrected chi connectivity index (χ1v) is 10.3. The van der Waals surface area contributed by atoms with Gasteiger partial charge in [-0.25, -0.2) is 0 Å². The number of aromatic nitrogens is 1. The van der Waals surface area contributed by atoms with Crippen molar-refractivity contribution in [1.82, 2.24) is 4.57 Å². The molecule has 2 aromatic rings. The number of allylic oxidation sites excluding steroid dienone is 1. The van der Waals surface area contributed by atoms with Gasteiger partial charge in [0.05, 0.1) is 22.5 Å². The summed E-state index contributed by atoms with van der Waals surface area (Å²) < 4.78 is 30.4. The van der Waals surface area contributed by atoms with Crippen LogP contribution < -0.4 is 4.18 Å². The van der Waals surface area contributed by atoms with Gasteiger partial charge < -0.3 is 13.9 Å². The van der Waals surface area contributed by atoms with Gasteiger partial charge in [0.25, 0.3) is 0 Å². The monoisotopic (exact) mass is 401 g/mol. The standard InChI is InChI=1S/C17H17Cl2NO4S/c1-3-5-10-8-11(18)9-12(19)14(10)15-16(24-25(2,22)23)13-6-4-7-20(13)17(15)21/h3,5,8-9,21H,4,6-7H2,1-2H3. The molecule has 1 aliphatic rings. The van der Waals surface area contributed by atoms with Gasteiger partial charge in [-0.2, -0.15) is 8.42 Å². The summed E-state index contributed by atoms with van der Waals surface area (Å²) in [6.07, 6.45) is 5.99. The summed E-state index contributed by atoms with van der Waals surface area (Å²) in [5.41, 5.74) is 2.07. The number of rotatable bonds is 4. The van der Waals surface area contributed by atoms with Gasteiger partial charge in [0.15, 0.2) is 5.75 Å². The highest BCUT2D eigenvalue weighted by molar-refractivity contribution is 7.86. The van der Waals surface area contributed by atoms with E-state index >= 15 is 0 Å². The molecule has 0 amide bonds. The summed E-state index contributed by atoms with van der Waals surface area (Å²) in [4.78, 5) is 0. The molecule has 0 saturated carbocycles. The highest BCUT2D eigenvalue weighted by atomic mass is 35.5. The van der Waals surface area contributed by atoms with Crippen LogP contribution in [-0.4, -0.2) is 24.3 Å². The molecular weight excluding hydrogens is 385 g/mol. The van der Waals surface area contributed by atoms with Crippen LogP contribution in [0.1, 0.15) is 24.6 Å². The molecule has 0 aliphatic carbocycles. The Labute approximate surface area is 156 Å². The molecule has 0 bridgehead atoms. The Morgan fingerprint density at radius 3 is 2.64 bits per heavy atom. The maximum absolute atomic E-state index is 11.8. The number of hydrogen-bond donors (Lipinski definition) is 1. The molecule has 8 heteroatoms. The summed E-state index contributed by atoms with van der Waals surface area (Å²) in [5.74, 6) is 0.0774. The lowest BCUT2D eigenvalue weighted by Crippen LogP contribution is -2.07. The zero-order chi connectivity index (χ0) is 18.4. The van der Waals surface area contributed by atoms with Crippen molar-refractivity contribution in [2.45, 2.75) is 26.3 Å². The molecule has 1 aromatic carbocycles. The van der Waals surface area contributed by atoms with E-state index in [2.05, 4.69) is 0 Å². The molecule has 1 N–H and O–H groups in total. The van der Waals surface area contributed by atoms with Gasteiger partial charge in [0.2, 0.25) is 5.88 Å². The third-order valence-electron chi connectivity index (χ3n) is 4.01. The van der Waals surface area contributed by atoms with Gasteiger partial charge >= 0.3 is 10.1 Å². The summed E-state index contributed by atoms with van der Waals surface area (Å²) >= 11 is 12.5. The van der Waals surface area contributed by atoms with Crippen molar-refractivity contribution in [2.24, 2.45) is 0 Å². The van der Waals surface area contributed by atoms with Crippen LogP contribution in [0.3, 0.4) is 0 Å². The Hall–Kier alpha value is -1.63. The first kappa shape index (κ1) is 18.2. The van der Waals surface area contributed by atoms with Gasteiger partial charge in [-0.1, -0.05) is 35.4 Å². The van der Waals surface area contributed by atoms with Crippen LogP contribution in [0.5, 0.6) is 11.6 Å². The van der Waals surface area contributed by atoms with E-state index in [1.165, 1.54) is 0 Å². The quantitative estimate of drug-likeness (QED) is 0.766. The van der Waals surface area contributed by atoms with E-state index in [0.717, 1.165) is 12.7 Å². The van der Waals surface area contributed by atoms with E-state index in [1.54, 1.807) is 22.8 Å². The summed E-state index contributed by atoms with van der Waals surface area (Å²) in [6, 6.07) is 3.26. The lowest BCUT2D eigenvalue weighted by Gasteiger charge is -2.12. The van der Waals surface area contributed by atoms with Crippen molar-refractivity contribution < 1.29 is 17.7 Å². The zero-order valence-electron chi connectivity index (χ0n) is 13.7. The molecule has 0 fully saturated rings. The average molecular weight is 402 g/mol. The van der Waals surface area contributed by atoms with Gasteiger partial charge in [0, 0.05) is 17.1 Å². The fourth-order valence-corrected chi connectivity index (χ4v) is 4.25. The zero-order valence-corrected chi connectivity index (χ0v) is 16.0. The first-order chi connectivity index (χ1) is 11.7. The van der Waals surface area contributed by atoms with E-state index in [9.17, 15) is 13.5 Å². The van der Waals surface area contributed by atoms with Crippen molar-refractivity contribution in [2.75, 3.05) is 6.26 Å². The van der Waals surface area contributed by atoms with Crippen molar-refractivity contribution in [3.8, 4) is 22.8 Å². The van der Waals surface area contributed by atoms with Crippen molar-refractivity contribution in [1.29, 1.82) is 0 Å². The number of benzene rings is 1. The Balaban J connectivity index is 2.36. The molecule has 2 heterocycles. The Kier molecular flexibility index (Phi) is 4.79. The molecule has 0 spiro atoms. The van der Waals surface area contributed by atoms with Crippen LogP contribution in [0.4, 0.5) is 0 Å². The fraction of sp³-hybridized carbons (Fsp3) is 0.294. The number of hydrogen-bond acceptors (Lipinski definition) is 4. The van der Waals surface area contributed by atoms with E-state index < -0.39 is 10.1 Å². The molecule has 1 aromatic heterocycles. The normalized spacial score (nSPS) is 14.2. The topological polar surface area (TPSA) is 68.5 Å². The number of fused-ring (bicyclic) bond motifs is 1. The minimum Gasteiger partial charge on any atom is -0.494 e. The van der Waals surface area contributed by atoms with Crippen LogP contribution in [0.25, 0.3) is 17.2 Å². The van der Waals surface area contributed by atoms with Gasteiger partial charge in [0.1, 0.15) is 0 Å². The highest BCUT2D eigenvalue weighted by Crippen LogP contribution is 2.50. The van der Waals surface area contributed by atoms with Crippen LogP contribution >= 0.6 is 23.2 Å². The molecule has 5 nitrogen and oxygen atoms in total. The Morgan fingerprint density at radius 2 is 2.00 bits per heavy atom. The molecule has 0 radical (unpaired) electrons. The summed E-state index contributed by atoms with van der Waals surface area (Å²) in [5, 5.41) is 11.5. The second-order valence-electron chi connectivity index (χ2n) is 5.87. The minimum absolute atomic E-state index is 0.0545. The molecule has 0 saturated heterocycles. The third-order valence-corrected chi connectivity index (χ3v) is 4.99. The van der Waals surface area contributed by atoms with E-state index in [4.69, 9.17) is 27.4 Å². The van der Waals surface area contributed by atoms with Crippen LogP contribution in [-0.2, 0) is 23.1 Å². The minimum atomic E-state index is -3.77. The van der Waals surface area contributed by atoms with Crippen molar-refractivity contribution in [3.05, 3.63) is 39.5 Å². The molecule has 0 unspecified atom stereocenters. The van der Waals surface area contributed by atoms with Gasteiger partial charge in [-0.15, -0.1) is 0 Å². The van der Waals surface area contributed by atoms with E-state index in [0.29, 0.717) is 39.8 Å². The predicted molar refractivity (Wildman–Crippen MR) is 100 cm³/mol. The van der Waals surface area contributed by atoms with Crippen molar-refractivity contribution in [3.63, 3.8) is 0 Å². The SMILES string of the molecule is CC=Cc1cc(Cl)cc(Cl)c1-c1c(OS(C)(=O)=O)c2n(c1O)CCC2. The van der Waals surface area contributed by atoms with Gasteiger partial charge in [-0.3, -0.25) is 0 Å². The van der Waals surface area contributed by atoms with Gasteiger partial charge in [-0.05, 0) is 37.5 Å². The molecule has 25 heavy (non-hydrogen) atoms. The van der Waals surface area contributed by atoms with E-state index in [1.807, 2.05) is 13.0 Å². The molecule has 1 aliphatic heterocycles. The molecule has 3 rings (SSSR count). The smallest absolute Gasteiger partial charge is 0.306 e. The second-order valence-corrected chi connectivity index (χ2v) is 8.29. The van der Waals surface area contributed by atoms with Crippen LogP contribution in [0, 0.1) is 0 Å². The molecule has 134 valence electrons. The third kappa shape index (κ3) is 3.38. The first-order valence-electron chi connectivity index (χ1n) is 7.68. The predicted octanol–water partition coefficient (Wildman–Crippen LogP) is 4.49. The van der Waals surface area contributed by atoms with E-state index in [-0.39, 0.29) is 17.2 Å². The van der Waals surface area contributed by atoms with Crippen LogP contribution in [0.15, 0.2) is 18.2 Å². The Morgan fingerprint density at radius 1 is 1.28 bits per heavy atom. The Bertz CT molecular complexity index is 977. The maximum Gasteiger partial charge on any atom is 0.306 e. The lowest BCUT2D eigenvalue weighted by molar-refractivity contribution is 0.424. The highest BCUT2D eigenvalue weighted by Gasteiger charge is 2.32. The average Bonchev–Trinajstić information content (AvgIpc) is 3.04. The van der Waals surface area contributed by atoms with Crippen LogP contribution in [0.2, 0.25) is 10.0 Å². The molecular formula is C17H17Cl2NO4S. The number of halogens is 2. The lowest BCUT2D eigenvalue weighted by atomic mass is 9.99. The summed E-state index contributed by atoms with van der Waals surface area (Å²) in [6.45, 7) is 2.43. The summed E-state index contributed by atoms with van der Waals surface area (Å²) in [7, 11) is -3.77. The second kappa shape index (κ2) is 6.59. The maximum atomic E-state index is 11.8. The fourth-order valence-electron chi connectivity index (χ4n) is 3.16. The number of nitrogens with zero attached hydrogens (tertiary/aromatic N) is 1. The largest absolute Gasteiger partial charge is 0.494 e. The molecule has 0 atom stereocenters.